The first kappa shape index (κ1) is 16.9. The zero-order valence-electron chi connectivity index (χ0n) is 11.3. The lowest BCUT2D eigenvalue weighted by Gasteiger charge is -2.27. The number of nitrogens with zero attached hydrogens (tertiary/aromatic N) is 1. The molecule has 1 aromatic carbocycles. The molecule has 1 saturated heterocycles. The van der Waals surface area contributed by atoms with Crippen molar-refractivity contribution in [1.29, 1.82) is 0 Å². The molecule has 0 aliphatic carbocycles. The topological polar surface area (TPSA) is 66.5 Å². The van der Waals surface area contributed by atoms with Crippen LogP contribution in [0.4, 0.5) is 0 Å². The van der Waals surface area contributed by atoms with Gasteiger partial charge in [0.05, 0.1) is 10.6 Å². The van der Waals surface area contributed by atoms with Crippen molar-refractivity contribution in [3.63, 3.8) is 0 Å². The Balaban J connectivity index is 0.00000200. The zero-order valence-corrected chi connectivity index (χ0v) is 13.0. The van der Waals surface area contributed by atoms with Gasteiger partial charge in [0.25, 0.3) is 5.91 Å². The maximum Gasteiger partial charge on any atom is 0.253 e. The minimum absolute atomic E-state index is 0. The van der Waals surface area contributed by atoms with Gasteiger partial charge in [-0.25, -0.2) is 8.42 Å². The van der Waals surface area contributed by atoms with Gasteiger partial charge in [-0.1, -0.05) is 13.0 Å². The van der Waals surface area contributed by atoms with Gasteiger partial charge in [-0.2, -0.15) is 0 Å². The van der Waals surface area contributed by atoms with Crippen molar-refractivity contribution in [2.24, 2.45) is 0 Å². The molecule has 2 rings (SSSR count). The highest BCUT2D eigenvalue weighted by Gasteiger charge is 2.20. The molecule has 1 heterocycles. The molecule has 0 atom stereocenters. The van der Waals surface area contributed by atoms with Crippen molar-refractivity contribution in [3.05, 3.63) is 29.8 Å². The van der Waals surface area contributed by atoms with Gasteiger partial charge in [-0.15, -0.1) is 12.4 Å². The molecule has 1 amide bonds. The number of rotatable bonds is 3. The molecule has 1 fully saturated rings. The van der Waals surface area contributed by atoms with Crippen molar-refractivity contribution in [3.8, 4) is 0 Å². The van der Waals surface area contributed by atoms with E-state index in [0.29, 0.717) is 18.7 Å². The molecule has 0 saturated carbocycles. The lowest BCUT2D eigenvalue weighted by molar-refractivity contribution is 0.0735. The second kappa shape index (κ2) is 7.06. The average molecular weight is 319 g/mol. The van der Waals surface area contributed by atoms with Gasteiger partial charge in [-0.05, 0) is 18.2 Å². The van der Waals surface area contributed by atoms with Crippen LogP contribution in [0.15, 0.2) is 29.2 Å². The fraction of sp³-hybridized carbons (Fsp3) is 0.462. The lowest BCUT2D eigenvalue weighted by atomic mass is 10.2. The Labute approximate surface area is 125 Å². The van der Waals surface area contributed by atoms with Gasteiger partial charge in [0.15, 0.2) is 9.84 Å². The Morgan fingerprint density at radius 2 is 1.95 bits per heavy atom. The van der Waals surface area contributed by atoms with Crippen molar-refractivity contribution in [2.45, 2.75) is 11.8 Å². The normalized spacial score (nSPS) is 15.6. The number of amides is 1. The molecule has 1 aliphatic heterocycles. The molecule has 7 heteroatoms. The van der Waals surface area contributed by atoms with E-state index >= 15 is 0 Å². The molecule has 0 spiro atoms. The third-order valence-corrected chi connectivity index (χ3v) is 4.96. The molecule has 5 nitrogen and oxygen atoms in total. The molecule has 1 aliphatic rings. The van der Waals surface area contributed by atoms with Gasteiger partial charge in [0, 0.05) is 31.7 Å². The summed E-state index contributed by atoms with van der Waals surface area (Å²) in [6.45, 7) is 4.46. The third-order valence-electron chi connectivity index (χ3n) is 3.22. The summed E-state index contributed by atoms with van der Waals surface area (Å²) in [4.78, 5) is 14.2. The van der Waals surface area contributed by atoms with Crippen LogP contribution >= 0.6 is 12.4 Å². The zero-order chi connectivity index (χ0) is 13.9. The molecular weight excluding hydrogens is 300 g/mol. The van der Waals surface area contributed by atoms with Crippen LogP contribution in [0.25, 0.3) is 0 Å². The van der Waals surface area contributed by atoms with Crippen LogP contribution in [0.5, 0.6) is 0 Å². The second-order valence-electron chi connectivity index (χ2n) is 4.47. The van der Waals surface area contributed by atoms with Crippen molar-refractivity contribution in [2.75, 3.05) is 31.9 Å². The standard InChI is InChI=1S/C13H18N2O3S.ClH/c1-2-19(17,18)12-5-3-4-11(10-12)13(16)15-8-6-14-7-9-15;/h3-5,10,14H,2,6-9H2,1H3;1H. The maximum atomic E-state index is 12.3. The summed E-state index contributed by atoms with van der Waals surface area (Å²) in [5.41, 5.74) is 0.441. The minimum Gasteiger partial charge on any atom is -0.336 e. The van der Waals surface area contributed by atoms with Crippen molar-refractivity contribution >= 4 is 28.2 Å². The van der Waals surface area contributed by atoms with E-state index in [1.54, 1.807) is 24.0 Å². The van der Waals surface area contributed by atoms with Crippen LogP contribution in [0.3, 0.4) is 0 Å². The number of halogens is 1. The van der Waals surface area contributed by atoms with E-state index in [2.05, 4.69) is 5.32 Å². The van der Waals surface area contributed by atoms with E-state index in [-0.39, 0.29) is 29.0 Å². The number of piperazine rings is 1. The Morgan fingerprint density at radius 1 is 1.30 bits per heavy atom. The molecule has 1 aromatic rings. The van der Waals surface area contributed by atoms with Gasteiger partial charge in [0.1, 0.15) is 0 Å². The number of hydrogen-bond donors (Lipinski definition) is 1. The van der Waals surface area contributed by atoms with Gasteiger partial charge in [-0.3, -0.25) is 4.79 Å². The van der Waals surface area contributed by atoms with E-state index in [9.17, 15) is 13.2 Å². The van der Waals surface area contributed by atoms with E-state index in [1.807, 2.05) is 0 Å². The predicted octanol–water partition coefficient (Wildman–Crippen LogP) is 0.947. The summed E-state index contributed by atoms with van der Waals surface area (Å²) >= 11 is 0. The van der Waals surface area contributed by atoms with Gasteiger partial charge >= 0.3 is 0 Å². The Bertz CT molecular complexity index is 569. The molecule has 1 N–H and O–H groups in total. The first-order chi connectivity index (χ1) is 9.04. The Kier molecular flexibility index (Phi) is 5.98. The first-order valence-electron chi connectivity index (χ1n) is 6.37. The highest BCUT2D eigenvalue weighted by Crippen LogP contribution is 2.15. The van der Waals surface area contributed by atoms with Crippen LogP contribution in [0.2, 0.25) is 0 Å². The van der Waals surface area contributed by atoms with E-state index in [4.69, 9.17) is 0 Å². The monoisotopic (exact) mass is 318 g/mol. The number of hydrogen-bond acceptors (Lipinski definition) is 4. The van der Waals surface area contributed by atoms with Gasteiger partial charge < -0.3 is 10.2 Å². The molecular formula is C13H19ClN2O3S. The summed E-state index contributed by atoms with van der Waals surface area (Å²) in [6, 6.07) is 6.30. The molecule has 0 aromatic heterocycles. The highest BCUT2D eigenvalue weighted by molar-refractivity contribution is 7.91. The number of benzene rings is 1. The largest absolute Gasteiger partial charge is 0.336 e. The van der Waals surface area contributed by atoms with Crippen LogP contribution in [0.1, 0.15) is 17.3 Å². The second-order valence-corrected chi connectivity index (χ2v) is 6.75. The van der Waals surface area contributed by atoms with Gasteiger partial charge in [0.2, 0.25) is 0 Å². The number of sulfone groups is 1. The molecule has 20 heavy (non-hydrogen) atoms. The maximum absolute atomic E-state index is 12.3. The van der Waals surface area contributed by atoms with Crippen LogP contribution in [-0.4, -0.2) is 51.2 Å². The predicted molar refractivity (Wildman–Crippen MR) is 80.2 cm³/mol. The summed E-state index contributed by atoms with van der Waals surface area (Å²) in [5.74, 6) is -0.0622. The smallest absolute Gasteiger partial charge is 0.253 e. The number of nitrogens with one attached hydrogen (secondary N) is 1. The van der Waals surface area contributed by atoms with E-state index < -0.39 is 9.84 Å². The first-order valence-corrected chi connectivity index (χ1v) is 8.02. The van der Waals surface area contributed by atoms with Crippen LogP contribution in [0, 0.1) is 0 Å². The molecule has 112 valence electrons. The number of carbonyl (C=O) groups excluding carboxylic acids is 1. The SMILES string of the molecule is CCS(=O)(=O)c1cccc(C(=O)N2CCNCC2)c1.Cl. The molecule has 0 radical (unpaired) electrons. The fourth-order valence-electron chi connectivity index (χ4n) is 2.04. The Morgan fingerprint density at radius 3 is 2.55 bits per heavy atom. The molecule has 0 bridgehead atoms. The molecule has 0 unspecified atom stereocenters. The van der Waals surface area contributed by atoms with Crippen molar-refractivity contribution < 1.29 is 13.2 Å². The fourth-order valence-corrected chi connectivity index (χ4v) is 2.97. The van der Waals surface area contributed by atoms with Crippen LogP contribution in [-0.2, 0) is 9.84 Å². The number of carbonyl (C=O) groups is 1. The summed E-state index contributed by atoms with van der Waals surface area (Å²) < 4.78 is 23.6. The van der Waals surface area contributed by atoms with E-state index in [1.165, 1.54) is 12.1 Å². The summed E-state index contributed by atoms with van der Waals surface area (Å²) in [5, 5.41) is 3.18. The average Bonchev–Trinajstić information content (AvgIpc) is 2.47. The summed E-state index contributed by atoms with van der Waals surface area (Å²) in [7, 11) is -3.27. The Hall–Kier alpha value is -1.11. The van der Waals surface area contributed by atoms with Crippen LogP contribution < -0.4 is 5.32 Å². The quantitative estimate of drug-likeness (QED) is 0.901. The lowest BCUT2D eigenvalue weighted by Crippen LogP contribution is -2.46. The van der Waals surface area contributed by atoms with Crippen molar-refractivity contribution in [1.82, 2.24) is 10.2 Å². The highest BCUT2D eigenvalue weighted by atomic mass is 35.5. The third kappa shape index (κ3) is 3.71. The minimum atomic E-state index is -3.27. The van der Waals surface area contributed by atoms with E-state index in [0.717, 1.165) is 13.1 Å². The summed E-state index contributed by atoms with van der Waals surface area (Å²) in [6.07, 6.45) is 0.